The maximum atomic E-state index is 10.2. The normalized spacial score (nSPS) is 21.6. The minimum Gasteiger partial charge on any atom is -0.485 e. The maximum absolute atomic E-state index is 10.2. The van der Waals surface area contributed by atoms with Gasteiger partial charge < -0.3 is 9.84 Å². The maximum Gasteiger partial charge on any atom is 0.128 e. The first kappa shape index (κ1) is 12.7. The summed E-state index contributed by atoms with van der Waals surface area (Å²) in [6, 6.07) is 13.9. The molecule has 0 fully saturated rings. The van der Waals surface area contributed by atoms with Crippen LogP contribution in [-0.2, 0) is 0 Å². The van der Waals surface area contributed by atoms with Gasteiger partial charge in [0, 0.05) is 22.0 Å². The fourth-order valence-electron chi connectivity index (χ4n) is 2.48. The zero-order chi connectivity index (χ0) is 13.4. The first-order chi connectivity index (χ1) is 9.15. The third-order valence-electron chi connectivity index (χ3n) is 3.49. The lowest BCUT2D eigenvalue weighted by Gasteiger charge is -2.30. The fourth-order valence-corrected chi connectivity index (χ4v) is 3.23. The summed E-state index contributed by atoms with van der Waals surface area (Å²) in [5.74, 6) is 0.777. The summed E-state index contributed by atoms with van der Waals surface area (Å²) < 4.78 is 7.05. The molecule has 0 radical (unpaired) electrons. The van der Waals surface area contributed by atoms with Crippen molar-refractivity contribution < 1.29 is 9.84 Å². The number of hydrogen-bond donors (Lipinski definition) is 1. The lowest BCUT2D eigenvalue weighted by molar-refractivity contribution is 0.0654. The van der Waals surface area contributed by atoms with Crippen LogP contribution in [0.4, 0.5) is 0 Å². The van der Waals surface area contributed by atoms with Crippen LogP contribution in [0.15, 0.2) is 46.9 Å². The Kier molecular flexibility index (Phi) is 3.33. The van der Waals surface area contributed by atoms with Crippen LogP contribution in [0, 0.1) is 6.92 Å². The van der Waals surface area contributed by atoms with Gasteiger partial charge in [-0.3, -0.25) is 0 Å². The summed E-state index contributed by atoms with van der Waals surface area (Å²) >= 11 is 3.58. The monoisotopic (exact) mass is 318 g/mol. The van der Waals surface area contributed by atoms with Gasteiger partial charge in [-0.25, -0.2) is 0 Å². The lowest BCUT2D eigenvalue weighted by atomic mass is 9.95. The molecule has 0 saturated carbocycles. The van der Waals surface area contributed by atoms with Crippen LogP contribution >= 0.6 is 15.9 Å². The number of aliphatic hydroxyl groups is 1. The summed E-state index contributed by atoms with van der Waals surface area (Å²) in [5, 5.41) is 10.2. The number of halogens is 1. The molecule has 0 bridgehead atoms. The van der Waals surface area contributed by atoms with E-state index in [-0.39, 0.29) is 6.10 Å². The number of para-hydroxylation sites is 1. The van der Waals surface area contributed by atoms with E-state index in [1.165, 1.54) is 5.56 Å². The van der Waals surface area contributed by atoms with E-state index < -0.39 is 6.10 Å². The van der Waals surface area contributed by atoms with Gasteiger partial charge in [0.15, 0.2) is 0 Å². The largest absolute Gasteiger partial charge is 0.485 e. The minimum absolute atomic E-state index is 0.111. The van der Waals surface area contributed by atoms with Crippen LogP contribution in [0.1, 0.15) is 35.3 Å². The zero-order valence-electron chi connectivity index (χ0n) is 10.6. The van der Waals surface area contributed by atoms with Gasteiger partial charge in [0.1, 0.15) is 11.9 Å². The quantitative estimate of drug-likeness (QED) is 0.848. The Hall–Kier alpha value is -1.32. The Labute approximate surface area is 121 Å². The molecule has 1 aliphatic rings. The molecular formula is C16H15BrO2. The van der Waals surface area contributed by atoms with E-state index >= 15 is 0 Å². The molecule has 1 N–H and O–H groups in total. The van der Waals surface area contributed by atoms with E-state index in [0.717, 1.165) is 21.3 Å². The van der Waals surface area contributed by atoms with Crippen LogP contribution in [0.2, 0.25) is 0 Å². The molecule has 1 aliphatic heterocycles. The number of rotatable bonds is 1. The standard InChI is InChI=1S/C16H15BrO2/c1-10-6-7-11(13(17)8-10)16-9-14(18)12-4-2-3-5-15(12)19-16/h2-8,14,16,18H,9H2,1H3. The Morgan fingerprint density at radius 1 is 1.16 bits per heavy atom. The molecular weight excluding hydrogens is 304 g/mol. The SMILES string of the molecule is Cc1ccc(C2CC(O)c3ccccc3O2)c(Br)c1. The fraction of sp³-hybridized carbons (Fsp3) is 0.250. The molecule has 2 unspecified atom stereocenters. The van der Waals surface area contributed by atoms with E-state index in [1.807, 2.05) is 24.3 Å². The second-order valence-electron chi connectivity index (χ2n) is 4.92. The Balaban J connectivity index is 1.97. The number of aliphatic hydroxyl groups excluding tert-OH is 1. The van der Waals surface area contributed by atoms with Crippen LogP contribution in [0.5, 0.6) is 5.75 Å². The van der Waals surface area contributed by atoms with E-state index in [0.29, 0.717) is 6.42 Å². The highest BCUT2D eigenvalue weighted by atomic mass is 79.9. The predicted octanol–water partition coefficient (Wildman–Crippen LogP) is 4.31. The molecule has 2 atom stereocenters. The van der Waals surface area contributed by atoms with Crippen molar-refractivity contribution in [3.8, 4) is 5.75 Å². The van der Waals surface area contributed by atoms with E-state index in [4.69, 9.17) is 4.74 Å². The summed E-state index contributed by atoms with van der Waals surface area (Å²) in [6.45, 7) is 2.06. The molecule has 3 heteroatoms. The second kappa shape index (κ2) is 4.99. The molecule has 3 rings (SSSR count). The van der Waals surface area contributed by atoms with E-state index in [9.17, 15) is 5.11 Å². The average molecular weight is 319 g/mol. The Bertz CT molecular complexity index is 609. The molecule has 0 aliphatic carbocycles. The van der Waals surface area contributed by atoms with Crippen molar-refractivity contribution in [1.82, 2.24) is 0 Å². The van der Waals surface area contributed by atoms with Gasteiger partial charge in [0.25, 0.3) is 0 Å². The number of ether oxygens (including phenoxy) is 1. The molecule has 19 heavy (non-hydrogen) atoms. The van der Waals surface area contributed by atoms with Gasteiger partial charge in [-0.05, 0) is 24.6 Å². The number of fused-ring (bicyclic) bond motifs is 1. The zero-order valence-corrected chi connectivity index (χ0v) is 12.2. The summed E-state index contributed by atoms with van der Waals surface area (Å²) in [4.78, 5) is 0. The lowest BCUT2D eigenvalue weighted by Crippen LogP contribution is -2.19. The molecule has 2 aromatic carbocycles. The third kappa shape index (κ3) is 2.40. The first-order valence-corrected chi connectivity index (χ1v) is 7.14. The van der Waals surface area contributed by atoms with Crippen LogP contribution in [0.3, 0.4) is 0 Å². The van der Waals surface area contributed by atoms with Crippen molar-refractivity contribution in [1.29, 1.82) is 0 Å². The van der Waals surface area contributed by atoms with Gasteiger partial charge in [-0.15, -0.1) is 0 Å². The van der Waals surface area contributed by atoms with Crippen molar-refractivity contribution in [2.24, 2.45) is 0 Å². The van der Waals surface area contributed by atoms with Crippen molar-refractivity contribution in [2.75, 3.05) is 0 Å². The van der Waals surface area contributed by atoms with Gasteiger partial charge in [0.05, 0.1) is 6.10 Å². The topological polar surface area (TPSA) is 29.5 Å². The molecule has 0 amide bonds. The van der Waals surface area contributed by atoms with E-state index in [1.54, 1.807) is 0 Å². The average Bonchev–Trinajstić information content (AvgIpc) is 2.38. The number of benzene rings is 2. The van der Waals surface area contributed by atoms with Crippen LogP contribution in [-0.4, -0.2) is 5.11 Å². The highest BCUT2D eigenvalue weighted by Gasteiger charge is 2.28. The molecule has 0 saturated heterocycles. The van der Waals surface area contributed by atoms with Crippen molar-refractivity contribution >= 4 is 15.9 Å². The van der Waals surface area contributed by atoms with Gasteiger partial charge in [-0.2, -0.15) is 0 Å². The highest BCUT2D eigenvalue weighted by molar-refractivity contribution is 9.10. The minimum atomic E-state index is -0.469. The molecule has 98 valence electrons. The van der Waals surface area contributed by atoms with Crippen LogP contribution < -0.4 is 4.74 Å². The van der Waals surface area contributed by atoms with Gasteiger partial charge >= 0.3 is 0 Å². The number of aryl methyl sites for hydroxylation is 1. The number of hydrogen-bond acceptors (Lipinski definition) is 2. The molecule has 0 aromatic heterocycles. The first-order valence-electron chi connectivity index (χ1n) is 6.35. The summed E-state index contributed by atoms with van der Waals surface area (Å²) in [6.07, 6.45) is 0.00149. The molecule has 2 nitrogen and oxygen atoms in total. The van der Waals surface area contributed by atoms with Gasteiger partial charge in [0.2, 0.25) is 0 Å². The molecule has 2 aromatic rings. The van der Waals surface area contributed by atoms with Crippen molar-refractivity contribution in [3.63, 3.8) is 0 Å². The Morgan fingerprint density at radius 2 is 1.95 bits per heavy atom. The predicted molar refractivity (Wildman–Crippen MR) is 78.3 cm³/mol. The summed E-state index contributed by atoms with van der Waals surface area (Å²) in [5.41, 5.74) is 3.16. The summed E-state index contributed by atoms with van der Waals surface area (Å²) in [7, 11) is 0. The van der Waals surface area contributed by atoms with Gasteiger partial charge in [-0.1, -0.05) is 46.3 Å². The highest BCUT2D eigenvalue weighted by Crippen LogP contribution is 2.42. The third-order valence-corrected chi connectivity index (χ3v) is 4.17. The second-order valence-corrected chi connectivity index (χ2v) is 5.78. The van der Waals surface area contributed by atoms with Crippen molar-refractivity contribution in [2.45, 2.75) is 25.6 Å². The molecule has 1 heterocycles. The molecule has 0 spiro atoms. The van der Waals surface area contributed by atoms with E-state index in [2.05, 4.69) is 41.1 Å². The van der Waals surface area contributed by atoms with Crippen LogP contribution in [0.25, 0.3) is 0 Å². The smallest absolute Gasteiger partial charge is 0.128 e. The Morgan fingerprint density at radius 3 is 2.74 bits per heavy atom. The van der Waals surface area contributed by atoms with Crippen molar-refractivity contribution in [3.05, 3.63) is 63.6 Å².